The monoisotopic (exact) mass is 279 g/mol. The highest BCUT2D eigenvalue weighted by Crippen LogP contribution is 2.24. The molecule has 0 aliphatic carbocycles. The highest BCUT2D eigenvalue weighted by atomic mass is 35.5. The van der Waals surface area contributed by atoms with Gasteiger partial charge in [0.2, 0.25) is 0 Å². The van der Waals surface area contributed by atoms with Crippen LogP contribution in [0.2, 0.25) is 5.02 Å². The van der Waals surface area contributed by atoms with Gasteiger partial charge in [-0.05, 0) is 50.1 Å². The summed E-state index contributed by atoms with van der Waals surface area (Å²) in [6, 6.07) is 7.38. The van der Waals surface area contributed by atoms with Crippen molar-refractivity contribution in [1.29, 1.82) is 0 Å². The fraction of sp³-hybridized carbons (Fsp3) is 0.214. The van der Waals surface area contributed by atoms with Gasteiger partial charge < -0.3 is 5.32 Å². The summed E-state index contributed by atoms with van der Waals surface area (Å²) in [5.41, 5.74) is 2.90. The second-order valence-corrected chi connectivity index (χ2v) is 5.96. The smallest absolute Gasteiger partial charge is 0.265 e. The van der Waals surface area contributed by atoms with Gasteiger partial charge >= 0.3 is 0 Å². The maximum atomic E-state index is 12.1. The Kier molecular flexibility index (Phi) is 3.73. The molecule has 18 heavy (non-hydrogen) atoms. The summed E-state index contributed by atoms with van der Waals surface area (Å²) < 4.78 is 0. The molecule has 0 aliphatic heterocycles. The van der Waals surface area contributed by atoms with E-state index >= 15 is 0 Å². The molecular weight excluding hydrogens is 266 g/mol. The highest BCUT2D eigenvalue weighted by molar-refractivity contribution is 7.14. The maximum absolute atomic E-state index is 12.1. The number of hydrogen-bond donors (Lipinski definition) is 1. The molecule has 2 aromatic rings. The van der Waals surface area contributed by atoms with E-state index in [4.69, 9.17) is 11.6 Å². The van der Waals surface area contributed by atoms with Gasteiger partial charge in [-0.15, -0.1) is 11.3 Å². The van der Waals surface area contributed by atoms with Crippen molar-refractivity contribution >= 4 is 34.5 Å². The molecule has 0 spiro atoms. The molecule has 0 radical (unpaired) electrons. The van der Waals surface area contributed by atoms with Gasteiger partial charge in [-0.1, -0.05) is 17.7 Å². The van der Waals surface area contributed by atoms with Gasteiger partial charge in [0.25, 0.3) is 5.91 Å². The molecule has 2 nitrogen and oxygen atoms in total. The third kappa shape index (κ3) is 2.74. The molecule has 2 rings (SSSR count). The van der Waals surface area contributed by atoms with Crippen molar-refractivity contribution in [3.05, 3.63) is 50.2 Å². The lowest BCUT2D eigenvalue weighted by Gasteiger charge is -2.07. The van der Waals surface area contributed by atoms with Crippen molar-refractivity contribution in [2.24, 2.45) is 0 Å². The van der Waals surface area contributed by atoms with Gasteiger partial charge in [0, 0.05) is 15.6 Å². The van der Waals surface area contributed by atoms with Crippen molar-refractivity contribution in [3.8, 4) is 0 Å². The van der Waals surface area contributed by atoms with Crippen LogP contribution in [0.1, 0.15) is 25.7 Å². The molecule has 94 valence electrons. The number of aryl methyl sites for hydroxylation is 3. The van der Waals surface area contributed by atoms with E-state index in [0.29, 0.717) is 5.02 Å². The van der Waals surface area contributed by atoms with E-state index in [1.165, 1.54) is 16.2 Å². The minimum atomic E-state index is -0.0819. The lowest BCUT2D eigenvalue weighted by Crippen LogP contribution is -2.11. The number of rotatable bonds is 2. The summed E-state index contributed by atoms with van der Waals surface area (Å²) in [5.74, 6) is -0.0819. The second-order valence-electron chi connectivity index (χ2n) is 4.26. The van der Waals surface area contributed by atoms with Gasteiger partial charge in [-0.2, -0.15) is 0 Å². The summed E-state index contributed by atoms with van der Waals surface area (Å²) in [6.45, 7) is 5.96. The van der Waals surface area contributed by atoms with Crippen LogP contribution in [0.15, 0.2) is 24.3 Å². The topological polar surface area (TPSA) is 29.1 Å². The zero-order valence-electron chi connectivity index (χ0n) is 10.5. The Morgan fingerprint density at radius 2 is 1.89 bits per heavy atom. The molecule has 1 heterocycles. The summed E-state index contributed by atoms with van der Waals surface area (Å²) in [7, 11) is 0. The SMILES string of the molecule is Cc1ccc(Cl)cc1NC(=O)c1cc(C)c(C)s1. The predicted molar refractivity (Wildman–Crippen MR) is 77.9 cm³/mol. The normalized spacial score (nSPS) is 10.4. The molecule has 4 heteroatoms. The Labute approximate surface area is 116 Å². The number of anilines is 1. The summed E-state index contributed by atoms with van der Waals surface area (Å²) in [4.78, 5) is 14.0. The molecule has 0 saturated heterocycles. The quantitative estimate of drug-likeness (QED) is 0.857. The number of halogens is 1. The van der Waals surface area contributed by atoms with E-state index in [1.54, 1.807) is 6.07 Å². The molecule has 0 unspecified atom stereocenters. The summed E-state index contributed by atoms with van der Waals surface area (Å²) >= 11 is 7.43. The largest absolute Gasteiger partial charge is 0.321 e. The number of hydrogen-bond acceptors (Lipinski definition) is 2. The van der Waals surface area contributed by atoms with Crippen molar-refractivity contribution in [3.63, 3.8) is 0 Å². The van der Waals surface area contributed by atoms with E-state index in [-0.39, 0.29) is 5.91 Å². The standard InChI is InChI=1S/C14H14ClNOS/c1-8-4-5-11(15)7-12(8)16-14(17)13-6-9(2)10(3)18-13/h4-7H,1-3H3,(H,16,17). The van der Waals surface area contributed by atoms with Crippen molar-refractivity contribution in [1.82, 2.24) is 0 Å². The Morgan fingerprint density at radius 3 is 2.50 bits per heavy atom. The van der Waals surface area contributed by atoms with E-state index in [2.05, 4.69) is 5.32 Å². The minimum Gasteiger partial charge on any atom is -0.321 e. The summed E-state index contributed by atoms with van der Waals surface area (Å²) in [5, 5.41) is 3.51. The lowest BCUT2D eigenvalue weighted by atomic mass is 10.2. The molecular formula is C14H14ClNOS. The van der Waals surface area contributed by atoms with Crippen molar-refractivity contribution in [2.45, 2.75) is 20.8 Å². The zero-order chi connectivity index (χ0) is 13.3. The van der Waals surface area contributed by atoms with Crippen LogP contribution in [0.25, 0.3) is 0 Å². The first-order chi connectivity index (χ1) is 8.47. The second kappa shape index (κ2) is 5.12. The number of carbonyl (C=O) groups is 1. The fourth-order valence-electron chi connectivity index (χ4n) is 1.60. The molecule has 0 atom stereocenters. The van der Waals surface area contributed by atoms with E-state index in [0.717, 1.165) is 21.7 Å². The molecule has 0 saturated carbocycles. The van der Waals surface area contributed by atoms with Gasteiger partial charge in [0.1, 0.15) is 0 Å². The minimum absolute atomic E-state index is 0.0819. The third-order valence-electron chi connectivity index (χ3n) is 2.84. The molecule has 0 fully saturated rings. The first-order valence-corrected chi connectivity index (χ1v) is 6.81. The van der Waals surface area contributed by atoms with Crippen LogP contribution in [-0.2, 0) is 0 Å². The average molecular weight is 280 g/mol. The molecule has 1 aromatic carbocycles. The lowest BCUT2D eigenvalue weighted by molar-refractivity contribution is 0.103. The van der Waals surface area contributed by atoms with Gasteiger partial charge in [-0.25, -0.2) is 0 Å². The van der Waals surface area contributed by atoms with Gasteiger partial charge in [-0.3, -0.25) is 4.79 Å². The van der Waals surface area contributed by atoms with Crippen LogP contribution in [-0.4, -0.2) is 5.91 Å². The van der Waals surface area contributed by atoms with Crippen LogP contribution in [0.5, 0.6) is 0 Å². The van der Waals surface area contributed by atoms with Crippen LogP contribution in [0, 0.1) is 20.8 Å². The van der Waals surface area contributed by atoms with Crippen molar-refractivity contribution < 1.29 is 4.79 Å². The molecule has 1 aromatic heterocycles. The predicted octanol–water partition coefficient (Wildman–Crippen LogP) is 4.58. The van der Waals surface area contributed by atoms with Crippen molar-refractivity contribution in [2.75, 3.05) is 5.32 Å². The van der Waals surface area contributed by atoms with Gasteiger partial charge in [0.05, 0.1) is 4.88 Å². The van der Waals surface area contributed by atoms with E-state index in [1.807, 2.05) is 39.0 Å². The van der Waals surface area contributed by atoms with Gasteiger partial charge in [0.15, 0.2) is 0 Å². The number of benzene rings is 1. The Morgan fingerprint density at radius 1 is 1.17 bits per heavy atom. The van der Waals surface area contributed by atoms with E-state index in [9.17, 15) is 4.79 Å². The van der Waals surface area contributed by atoms with Crippen LogP contribution in [0.3, 0.4) is 0 Å². The highest BCUT2D eigenvalue weighted by Gasteiger charge is 2.11. The average Bonchev–Trinajstić information content (AvgIpc) is 2.64. The number of thiophene rings is 1. The summed E-state index contributed by atoms with van der Waals surface area (Å²) in [6.07, 6.45) is 0. The number of nitrogens with one attached hydrogen (secondary N) is 1. The molecule has 0 bridgehead atoms. The van der Waals surface area contributed by atoms with E-state index < -0.39 is 0 Å². The van der Waals surface area contributed by atoms with Crippen LogP contribution in [0.4, 0.5) is 5.69 Å². The van der Waals surface area contributed by atoms with Crippen LogP contribution < -0.4 is 5.32 Å². The third-order valence-corrected chi connectivity index (χ3v) is 4.22. The molecule has 1 N–H and O–H groups in total. The Bertz CT molecular complexity index is 584. The zero-order valence-corrected chi connectivity index (χ0v) is 12.1. The number of amides is 1. The first kappa shape index (κ1) is 13.1. The maximum Gasteiger partial charge on any atom is 0.265 e. The Balaban J connectivity index is 2.23. The first-order valence-electron chi connectivity index (χ1n) is 5.62. The molecule has 1 amide bonds. The molecule has 0 aliphatic rings. The fourth-order valence-corrected chi connectivity index (χ4v) is 2.70. The van der Waals surface area contributed by atoms with Crippen LogP contribution >= 0.6 is 22.9 Å². The number of carbonyl (C=O) groups excluding carboxylic acids is 1. The Hall–Kier alpha value is -1.32.